The van der Waals surface area contributed by atoms with Gasteiger partial charge in [-0.05, 0) is 18.2 Å². The summed E-state index contributed by atoms with van der Waals surface area (Å²) in [6, 6.07) is 4.41. The molecule has 2 N–H and O–H groups in total. The number of carbonyl (C=O) groups excluding carboxylic acids is 2. The molecule has 23 heavy (non-hydrogen) atoms. The number of carboxylic acids is 1. The van der Waals surface area contributed by atoms with E-state index in [9.17, 15) is 14.4 Å². The molecule has 0 radical (unpaired) electrons. The summed E-state index contributed by atoms with van der Waals surface area (Å²) < 4.78 is 0. The molecular weight excluding hydrogens is 322 g/mol. The first kappa shape index (κ1) is 17.1. The second-order valence-electron chi connectivity index (χ2n) is 5.47. The Morgan fingerprint density at radius 1 is 1.48 bits per heavy atom. The van der Waals surface area contributed by atoms with E-state index < -0.39 is 11.9 Å². The van der Waals surface area contributed by atoms with Crippen LogP contribution in [0.5, 0.6) is 0 Å². The second kappa shape index (κ2) is 6.87. The molecule has 0 spiro atoms. The minimum absolute atomic E-state index is 0.0936. The Morgan fingerprint density at radius 2 is 2.17 bits per heavy atom. The van der Waals surface area contributed by atoms with Crippen molar-refractivity contribution in [2.24, 2.45) is 5.92 Å². The molecule has 7 nitrogen and oxygen atoms in total. The highest BCUT2D eigenvalue weighted by Crippen LogP contribution is 2.28. The maximum atomic E-state index is 12.4. The number of nitrogens with one attached hydrogen (secondary N) is 1. The highest BCUT2D eigenvalue weighted by atomic mass is 35.5. The second-order valence-corrected chi connectivity index (χ2v) is 5.88. The maximum absolute atomic E-state index is 12.4. The van der Waals surface area contributed by atoms with Gasteiger partial charge in [-0.3, -0.25) is 14.5 Å². The molecule has 1 aromatic carbocycles. The molecule has 1 unspecified atom stereocenters. The molecule has 0 aliphatic carbocycles. The molecule has 0 bridgehead atoms. The molecule has 1 aliphatic rings. The summed E-state index contributed by atoms with van der Waals surface area (Å²) in [6.45, 7) is 2.62. The zero-order valence-electron chi connectivity index (χ0n) is 12.9. The van der Waals surface area contributed by atoms with Gasteiger partial charge in [-0.15, -0.1) is 0 Å². The van der Waals surface area contributed by atoms with E-state index in [2.05, 4.69) is 5.32 Å². The molecule has 1 aliphatic heterocycles. The first-order chi connectivity index (χ1) is 10.8. The SMILES string of the molecule is CC(CN(C)C(=O)c1ccc(Cl)c(N2CCNC2=O)c1)C(=O)O. The van der Waals surface area contributed by atoms with Gasteiger partial charge in [-0.2, -0.15) is 0 Å². The van der Waals surface area contributed by atoms with Crippen molar-refractivity contribution in [3.05, 3.63) is 28.8 Å². The van der Waals surface area contributed by atoms with Gasteiger partial charge >= 0.3 is 12.0 Å². The average Bonchev–Trinajstić information content (AvgIpc) is 2.92. The van der Waals surface area contributed by atoms with Crippen molar-refractivity contribution in [3.8, 4) is 0 Å². The zero-order valence-corrected chi connectivity index (χ0v) is 13.6. The quantitative estimate of drug-likeness (QED) is 0.853. The Hall–Kier alpha value is -2.28. The zero-order chi connectivity index (χ0) is 17.1. The smallest absolute Gasteiger partial charge is 0.322 e. The number of halogens is 1. The molecule has 3 amide bonds. The number of anilines is 1. The van der Waals surface area contributed by atoms with Gasteiger partial charge in [0.1, 0.15) is 0 Å². The van der Waals surface area contributed by atoms with E-state index in [-0.39, 0.29) is 18.5 Å². The van der Waals surface area contributed by atoms with Gasteiger partial charge < -0.3 is 15.3 Å². The largest absolute Gasteiger partial charge is 0.481 e. The number of carboxylic acid groups (broad SMARTS) is 1. The summed E-state index contributed by atoms with van der Waals surface area (Å²) in [5.41, 5.74) is 0.816. The molecular formula is C15H18ClN3O4. The molecule has 1 atom stereocenters. The van der Waals surface area contributed by atoms with Crippen molar-refractivity contribution in [2.45, 2.75) is 6.92 Å². The van der Waals surface area contributed by atoms with Crippen LogP contribution in [-0.4, -0.2) is 54.6 Å². The van der Waals surface area contributed by atoms with Gasteiger partial charge in [0.25, 0.3) is 5.91 Å². The van der Waals surface area contributed by atoms with Crippen LogP contribution >= 0.6 is 11.6 Å². The molecule has 1 saturated heterocycles. The molecule has 2 rings (SSSR count). The normalized spacial score (nSPS) is 15.3. The molecule has 0 aromatic heterocycles. The Balaban J connectivity index is 2.21. The van der Waals surface area contributed by atoms with Gasteiger partial charge in [0, 0.05) is 32.2 Å². The number of carbonyl (C=O) groups is 3. The van der Waals surface area contributed by atoms with Gasteiger partial charge in [-0.1, -0.05) is 18.5 Å². The number of nitrogens with zero attached hydrogens (tertiary/aromatic N) is 2. The molecule has 8 heteroatoms. The third-order valence-corrected chi connectivity index (χ3v) is 3.98. The van der Waals surface area contributed by atoms with Gasteiger partial charge in [-0.25, -0.2) is 4.79 Å². The van der Waals surface area contributed by atoms with Crippen molar-refractivity contribution >= 4 is 35.2 Å². The van der Waals surface area contributed by atoms with Crippen LogP contribution in [0.25, 0.3) is 0 Å². The fourth-order valence-electron chi connectivity index (χ4n) is 2.35. The van der Waals surface area contributed by atoms with Crippen LogP contribution in [0.15, 0.2) is 18.2 Å². The average molecular weight is 340 g/mol. The molecule has 1 heterocycles. The van der Waals surface area contributed by atoms with Crippen LogP contribution in [0.4, 0.5) is 10.5 Å². The lowest BCUT2D eigenvalue weighted by molar-refractivity contribution is -0.141. The lowest BCUT2D eigenvalue weighted by Gasteiger charge is -2.21. The van der Waals surface area contributed by atoms with Crippen LogP contribution in [0.2, 0.25) is 5.02 Å². The van der Waals surface area contributed by atoms with Crippen LogP contribution in [0.1, 0.15) is 17.3 Å². The van der Waals surface area contributed by atoms with E-state index in [4.69, 9.17) is 16.7 Å². The number of amides is 3. The van der Waals surface area contributed by atoms with E-state index >= 15 is 0 Å². The summed E-state index contributed by atoms with van der Waals surface area (Å²) in [7, 11) is 1.54. The predicted octanol–water partition coefficient (Wildman–Crippen LogP) is 1.66. The first-order valence-corrected chi connectivity index (χ1v) is 7.52. The fourth-order valence-corrected chi connectivity index (χ4v) is 2.57. The number of aliphatic carboxylic acids is 1. The first-order valence-electron chi connectivity index (χ1n) is 7.14. The third kappa shape index (κ3) is 3.73. The highest BCUT2D eigenvalue weighted by molar-refractivity contribution is 6.34. The minimum atomic E-state index is -0.963. The Labute approximate surface area is 138 Å². The number of rotatable bonds is 5. The summed E-state index contributed by atoms with van der Waals surface area (Å²) in [4.78, 5) is 37.9. The summed E-state index contributed by atoms with van der Waals surface area (Å²) in [6.07, 6.45) is 0. The number of urea groups is 1. The molecule has 1 fully saturated rings. The standard InChI is InChI=1S/C15H18ClN3O4/c1-9(14(21)22)8-18(2)13(20)10-3-4-11(16)12(7-10)19-6-5-17-15(19)23/h3-4,7,9H,5-6,8H2,1-2H3,(H,17,23)(H,21,22). The van der Waals surface area contributed by atoms with Crippen molar-refractivity contribution in [3.63, 3.8) is 0 Å². The fraction of sp³-hybridized carbons (Fsp3) is 0.400. The Morgan fingerprint density at radius 3 is 2.74 bits per heavy atom. The van der Waals surface area contributed by atoms with E-state index in [1.54, 1.807) is 25.2 Å². The highest BCUT2D eigenvalue weighted by Gasteiger charge is 2.25. The number of benzene rings is 1. The van der Waals surface area contributed by atoms with Crippen LogP contribution in [0, 0.1) is 5.92 Å². The molecule has 124 valence electrons. The van der Waals surface area contributed by atoms with Gasteiger partial charge in [0.2, 0.25) is 0 Å². The van der Waals surface area contributed by atoms with Crippen molar-refractivity contribution in [1.29, 1.82) is 0 Å². The molecule has 1 aromatic rings. The van der Waals surface area contributed by atoms with Gasteiger partial charge in [0.15, 0.2) is 0 Å². The maximum Gasteiger partial charge on any atom is 0.322 e. The topological polar surface area (TPSA) is 90.0 Å². The Bertz CT molecular complexity index is 650. The summed E-state index contributed by atoms with van der Waals surface area (Å²) >= 11 is 6.13. The predicted molar refractivity (Wildman–Crippen MR) is 86.0 cm³/mol. The number of hydrogen-bond donors (Lipinski definition) is 2. The van der Waals surface area contributed by atoms with E-state index in [1.807, 2.05) is 0 Å². The van der Waals surface area contributed by atoms with Crippen LogP contribution in [-0.2, 0) is 4.79 Å². The Kier molecular flexibility index (Phi) is 5.10. The third-order valence-electron chi connectivity index (χ3n) is 3.66. The lowest BCUT2D eigenvalue weighted by Crippen LogP contribution is -2.34. The molecule has 0 saturated carbocycles. The number of hydrogen-bond acceptors (Lipinski definition) is 3. The van der Waals surface area contributed by atoms with E-state index in [1.165, 1.54) is 16.7 Å². The van der Waals surface area contributed by atoms with Crippen LogP contribution in [0.3, 0.4) is 0 Å². The monoisotopic (exact) mass is 339 g/mol. The van der Waals surface area contributed by atoms with Gasteiger partial charge in [0.05, 0.1) is 16.6 Å². The summed E-state index contributed by atoms with van der Waals surface area (Å²) in [5, 5.41) is 12.0. The van der Waals surface area contributed by atoms with Crippen LogP contribution < -0.4 is 10.2 Å². The lowest BCUT2D eigenvalue weighted by atomic mass is 10.1. The summed E-state index contributed by atoms with van der Waals surface area (Å²) in [5.74, 6) is -1.95. The minimum Gasteiger partial charge on any atom is -0.481 e. The van der Waals surface area contributed by atoms with E-state index in [0.717, 1.165) is 0 Å². The van der Waals surface area contributed by atoms with Crippen molar-refractivity contribution < 1.29 is 19.5 Å². The van der Waals surface area contributed by atoms with E-state index in [0.29, 0.717) is 29.4 Å². The van der Waals surface area contributed by atoms with Crippen molar-refractivity contribution in [2.75, 3.05) is 31.6 Å². The van der Waals surface area contributed by atoms with Crippen molar-refractivity contribution in [1.82, 2.24) is 10.2 Å².